The summed E-state index contributed by atoms with van der Waals surface area (Å²) in [4.78, 5) is 14.4. The Morgan fingerprint density at radius 2 is 2.10 bits per heavy atom. The minimum atomic E-state index is -0.530. The van der Waals surface area contributed by atoms with Crippen LogP contribution in [0.1, 0.15) is 16.7 Å². The zero-order chi connectivity index (χ0) is 20.6. The summed E-state index contributed by atoms with van der Waals surface area (Å²) in [5.74, 6) is 0.673. The van der Waals surface area contributed by atoms with E-state index in [0.717, 1.165) is 11.1 Å². The van der Waals surface area contributed by atoms with Crippen molar-refractivity contribution in [3.8, 4) is 11.8 Å². The molecule has 0 fully saturated rings. The van der Waals surface area contributed by atoms with Gasteiger partial charge in [0, 0.05) is 17.8 Å². The van der Waals surface area contributed by atoms with Crippen molar-refractivity contribution in [3.63, 3.8) is 0 Å². The second kappa shape index (κ2) is 9.43. The first-order valence-electron chi connectivity index (χ1n) is 8.37. The number of rotatable bonds is 7. The molecule has 0 aliphatic carbocycles. The maximum Gasteiger partial charge on any atom is 0.313 e. The molecule has 9 heteroatoms. The SMILES string of the molecule is N#Cc1ccccc1COc1ccc(C=NNc2ncccc2[N+](=O)[O-])cc1Br. The molecule has 0 amide bonds. The third kappa shape index (κ3) is 5.15. The van der Waals surface area contributed by atoms with Crippen LogP contribution in [-0.4, -0.2) is 16.1 Å². The molecule has 1 aromatic heterocycles. The third-order valence-corrected chi connectivity index (χ3v) is 4.46. The predicted octanol–water partition coefficient (Wildman–Crippen LogP) is 4.65. The van der Waals surface area contributed by atoms with E-state index in [4.69, 9.17) is 10.00 Å². The summed E-state index contributed by atoms with van der Waals surface area (Å²) in [5, 5.41) is 24.1. The van der Waals surface area contributed by atoms with Crippen LogP contribution < -0.4 is 10.2 Å². The highest BCUT2D eigenvalue weighted by molar-refractivity contribution is 9.10. The number of hydrogen-bond acceptors (Lipinski definition) is 7. The molecule has 0 bridgehead atoms. The van der Waals surface area contributed by atoms with E-state index in [-0.39, 0.29) is 18.1 Å². The molecule has 3 rings (SSSR count). The molecule has 8 nitrogen and oxygen atoms in total. The number of ether oxygens (including phenoxy) is 1. The Morgan fingerprint density at radius 1 is 1.28 bits per heavy atom. The third-order valence-electron chi connectivity index (χ3n) is 3.84. The molecule has 2 aromatic carbocycles. The van der Waals surface area contributed by atoms with E-state index >= 15 is 0 Å². The number of halogens is 1. The van der Waals surface area contributed by atoms with Crippen LogP contribution in [-0.2, 0) is 6.61 Å². The van der Waals surface area contributed by atoms with Gasteiger partial charge in [0.2, 0.25) is 5.82 Å². The molecule has 0 atom stereocenters. The summed E-state index contributed by atoms with van der Waals surface area (Å²) in [6.45, 7) is 0.265. The van der Waals surface area contributed by atoms with Crippen molar-refractivity contribution < 1.29 is 9.66 Å². The zero-order valence-electron chi connectivity index (χ0n) is 14.9. The Morgan fingerprint density at radius 3 is 2.86 bits per heavy atom. The number of hydrazone groups is 1. The zero-order valence-corrected chi connectivity index (χ0v) is 16.5. The lowest BCUT2D eigenvalue weighted by molar-refractivity contribution is -0.384. The highest BCUT2D eigenvalue weighted by Crippen LogP contribution is 2.27. The maximum atomic E-state index is 11.0. The van der Waals surface area contributed by atoms with E-state index in [1.807, 2.05) is 12.1 Å². The second-order valence-electron chi connectivity index (χ2n) is 5.75. The van der Waals surface area contributed by atoms with Crippen molar-refractivity contribution in [2.45, 2.75) is 6.61 Å². The molecule has 1 heterocycles. The van der Waals surface area contributed by atoms with Crippen LogP contribution >= 0.6 is 15.9 Å². The molecular weight excluding hydrogens is 438 g/mol. The lowest BCUT2D eigenvalue weighted by Gasteiger charge is -2.10. The van der Waals surface area contributed by atoms with E-state index in [1.54, 1.807) is 30.3 Å². The number of benzene rings is 2. The smallest absolute Gasteiger partial charge is 0.313 e. The normalized spacial score (nSPS) is 10.5. The molecule has 0 unspecified atom stereocenters. The van der Waals surface area contributed by atoms with Gasteiger partial charge in [0.25, 0.3) is 0 Å². The van der Waals surface area contributed by atoms with Crippen molar-refractivity contribution in [2.24, 2.45) is 5.10 Å². The highest BCUT2D eigenvalue weighted by atomic mass is 79.9. The van der Waals surface area contributed by atoms with Crippen LogP contribution in [0.25, 0.3) is 0 Å². The number of nitrogens with zero attached hydrogens (tertiary/aromatic N) is 4. The summed E-state index contributed by atoms with van der Waals surface area (Å²) in [7, 11) is 0. The standard InChI is InChI=1S/C20H14BrN5O3/c21-17-10-14(12-24-25-20-18(26(27)28)6-3-9-23-20)7-8-19(17)29-13-16-5-2-1-4-15(16)11-22/h1-10,12H,13H2,(H,23,25). The number of nitro groups is 1. The first kappa shape index (κ1) is 20.0. The highest BCUT2D eigenvalue weighted by Gasteiger charge is 2.13. The molecule has 144 valence electrons. The molecule has 0 saturated carbocycles. The van der Waals surface area contributed by atoms with Gasteiger partial charge < -0.3 is 4.74 Å². The molecule has 0 saturated heterocycles. The molecule has 0 spiro atoms. The summed E-state index contributed by atoms with van der Waals surface area (Å²) in [5.41, 5.74) is 4.53. The van der Waals surface area contributed by atoms with Gasteiger partial charge in [-0.3, -0.25) is 15.5 Å². The lowest BCUT2D eigenvalue weighted by atomic mass is 10.1. The summed E-state index contributed by atoms with van der Waals surface area (Å²) < 4.78 is 6.50. The molecule has 0 aliphatic rings. The maximum absolute atomic E-state index is 11.0. The molecule has 1 N–H and O–H groups in total. The van der Waals surface area contributed by atoms with Gasteiger partial charge in [0.05, 0.1) is 27.2 Å². The number of hydrogen-bond donors (Lipinski definition) is 1. The minimum absolute atomic E-state index is 0.0592. The van der Waals surface area contributed by atoms with E-state index < -0.39 is 4.92 Å². The predicted molar refractivity (Wildman–Crippen MR) is 112 cm³/mol. The van der Waals surface area contributed by atoms with Crippen LogP contribution in [0.15, 0.2) is 70.4 Å². The van der Waals surface area contributed by atoms with E-state index in [1.165, 1.54) is 24.5 Å². The Kier molecular flexibility index (Phi) is 6.50. The first-order valence-corrected chi connectivity index (χ1v) is 9.16. The fraction of sp³-hybridized carbons (Fsp3) is 0.0500. The molecule has 0 radical (unpaired) electrons. The molecule has 3 aromatic rings. The Hall–Kier alpha value is -3.77. The van der Waals surface area contributed by atoms with E-state index in [2.05, 4.69) is 37.5 Å². The number of pyridine rings is 1. The number of nitrogens with one attached hydrogen (secondary N) is 1. The summed E-state index contributed by atoms with van der Waals surface area (Å²) in [6, 6.07) is 17.6. The van der Waals surface area contributed by atoms with E-state index in [9.17, 15) is 10.1 Å². The van der Waals surface area contributed by atoms with Crippen LogP contribution in [0.3, 0.4) is 0 Å². The van der Waals surface area contributed by atoms with E-state index in [0.29, 0.717) is 15.8 Å². The average molecular weight is 452 g/mol. The molecular formula is C20H14BrN5O3. The fourth-order valence-electron chi connectivity index (χ4n) is 2.42. The fourth-order valence-corrected chi connectivity index (χ4v) is 2.93. The number of nitriles is 1. The summed E-state index contributed by atoms with van der Waals surface area (Å²) in [6.07, 6.45) is 2.95. The first-order chi connectivity index (χ1) is 14.1. The lowest BCUT2D eigenvalue weighted by Crippen LogP contribution is -2.00. The number of aromatic nitrogens is 1. The topological polar surface area (TPSA) is 113 Å². The molecule has 29 heavy (non-hydrogen) atoms. The van der Waals surface area contributed by atoms with Gasteiger partial charge in [0.15, 0.2) is 0 Å². The quantitative estimate of drug-likeness (QED) is 0.317. The monoisotopic (exact) mass is 451 g/mol. The largest absolute Gasteiger partial charge is 0.488 e. The van der Waals surface area contributed by atoms with Crippen LogP contribution in [0.2, 0.25) is 0 Å². The minimum Gasteiger partial charge on any atom is -0.488 e. The number of anilines is 1. The van der Waals surface area contributed by atoms with Gasteiger partial charge in [-0.25, -0.2) is 4.98 Å². The van der Waals surface area contributed by atoms with Crippen LogP contribution in [0.4, 0.5) is 11.5 Å². The Bertz CT molecular complexity index is 1110. The van der Waals surface area contributed by atoms with Gasteiger partial charge in [-0.15, -0.1) is 0 Å². The van der Waals surface area contributed by atoms with Crippen molar-refractivity contribution in [3.05, 3.63) is 92.1 Å². The van der Waals surface area contributed by atoms with Crippen molar-refractivity contribution >= 4 is 33.6 Å². The van der Waals surface area contributed by atoms with Gasteiger partial charge in [0.1, 0.15) is 12.4 Å². The van der Waals surface area contributed by atoms with Gasteiger partial charge in [-0.2, -0.15) is 10.4 Å². The second-order valence-corrected chi connectivity index (χ2v) is 6.60. The van der Waals surface area contributed by atoms with Gasteiger partial charge in [-0.05, 0) is 51.8 Å². The van der Waals surface area contributed by atoms with Crippen molar-refractivity contribution in [1.29, 1.82) is 5.26 Å². The van der Waals surface area contributed by atoms with Crippen molar-refractivity contribution in [1.82, 2.24) is 4.98 Å². The summed E-state index contributed by atoms with van der Waals surface area (Å²) >= 11 is 3.45. The van der Waals surface area contributed by atoms with Crippen LogP contribution in [0.5, 0.6) is 5.75 Å². The Balaban J connectivity index is 1.66. The van der Waals surface area contributed by atoms with Gasteiger partial charge in [-0.1, -0.05) is 18.2 Å². The van der Waals surface area contributed by atoms with Gasteiger partial charge >= 0.3 is 5.69 Å². The average Bonchev–Trinajstić information content (AvgIpc) is 2.73. The Labute approximate surface area is 174 Å². The van der Waals surface area contributed by atoms with Crippen molar-refractivity contribution in [2.75, 3.05) is 5.43 Å². The van der Waals surface area contributed by atoms with Crippen LogP contribution in [0, 0.1) is 21.4 Å². The molecule has 0 aliphatic heterocycles.